The second kappa shape index (κ2) is 7.74. The molecule has 7 heteroatoms. The van der Waals surface area contributed by atoms with Crippen molar-refractivity contribution in [1.29, 1.82) is 0 Å². The van der Waals surface area contributed by atoms with Crippen LogP contribution in [0.4, 0.5) is 0 Å². The summed E-state index contributed by atoms with van der Waals surface area (Å²) in [7, 11) is 0. The fraction of sp³-hybridized carbons (Fsp3) is 0.304. The monoisotopic (exact) mass is 400 g/mol. The van der Waals surface area contributed by atoms with Crippen LogP contribution in [-0.4, -0.2) is 36.5 Å². The summed E-state index contributed by atoms with van der Waals surface area (Å²) in [5.41, 5.74) is 5.75. The molecular weight excluding hydrogens is 376 g/mol. The highest BCUT2D eigenvalue weighted by molar-refractivity contribution is 5.78. The van der Waals surface area contributed by atoms with Crippen LogP contribution < -0.4 is 5.32 Å². The van der Waals surface area contributed by atoms with Crippen LogP contribution in [-0.2, 0) is 4.79 Å². The quantitative estimate of drug-likeness (QED) is 0.528. The van der Waals surface area contributed by atoms with Crippen molar-refractivity contribution in [2.75, 3.05) is 0 Å². The van der Waals surface area contributed by atoms with Crippen molar-refractivity contribution >= 4 is 16.9 Å². The molecule has 1 aliphatic carbocycles. The number of hydrogen-bond donors (Lipinski definition) is 2. The first-order chi connectivity index (χ1) is 14.7. The van der Waals surface area contributed by atoms with Gasteiger partial charge in [0.05, 0.1) is 40.6 Å². The summed E-state index contributed by atoms with van der Waals surface area (Å²) in [6.07, 6.45) is 11.0. The van der Waals surface area contributed by atoms with Crippen LogP contribution in [0.2, 0.25) is 0 Å². The van der Waals surface area contributed by atoms with E-state index in [4.69, 9.17) is 9.97 Å². The van der Waals surface area contributed by atoms with Crippen LogP contribution in [0.3, 0.4) is 0 Å². The van der Waals surface area contributed by atoms with Crippen molar-refractivity contribution in [2.24, 2.45) is 0 Å². The molecule has 0 aromatic carbocycles. The van der Waals surface area contributed by atoms with Crippen molar-refractivity contribution in [1.82, 2.24) is 29.8 Å². The number of fused-ring (bicyclic) bond motifs is 1. The smallest absolute Gasteiger partial charge is 0.219 e. The topological polar surface area (TPSA) is 88.5 Å². The second-order valence-corrected chi connectivity index (χ2v) is 7.81. The Morgan fingerprint density at radius 1 is 1.17 bits per heavy atom. The Morgan fingerprint density at radius 3 is 2.90 bits per heavy atom. The predicted molar refractivity (Wildman–Crippen MR) is 116 cm³/mol. The molecular formula is C23H24N6O. The van der Waals surface area contributed by atoms with E-state index in [0.29, 0.717) is 12.5 Å². The molecule has 1 aliphatic rings. The van der Waals surface area contributed by atoms with Gasteiger partial charge < -0.3 is 14.9 Å². The van der Waals surface area contributed by atoms with E-state index >= 15 is 0 Å². The Bertz CT molecular complexity index is 1180. The van der Waals surface area contributed by atoms with E-state index in [2.05, 4.69) is 25.9 Å². The molecule has 0 bridgehead atoms. The van der Waals surface area contributed by atoms with Gasteiger partial charge in [0.15, 0.2) is 0 Å². The summed E-state index contributed by atoms with van der Waals surface area (Å²) in [5.74, 6) is 0.121. The van der Waals surface area contributed by atoms with Gasteiger partial charge in [-0.3, -0.25) is 9.78 Å². The first kappa shape index (κ1) is 18.5. The number of nitrogens with zero attached hydrogens (tertiary/aromatic N) is 4. The Kier molecular flexibility index (Phi) is 4.78. The minimum absolute atomic E-state index is 0.121. The summed E-state index contributed by atoms with van der Waals surface area (Å²) in [6.45, 7) is 1.89. The maximum Gasteiger partial charge on any atom is 0.219 e. The lowest BCUT2D eigenvalue weighted by Gasteiger charge is -2.16. The van der Waals surface area contributed by atoms with Gasteiger partial charge in [-0.05, 0) is 49.6 Å². The standard InChI is InChI=1S/C23H24N6O/c1-2-23(30)27-16-4-5-17(11-16)29-14-24-13-22(29)21-6-3-15(12-26-21)18-7-8-19-20(28-18)9-10-25-19/h3,6-10,12-14,16-17,25H,2,4-5,11H2,1H3,(H,27,30). The molecule has 152 valence electrons. The van der Waals surface area contributed by atoms with Gasteiger partial charge in [0, 0.05) is 36.5 Å². The van der Waals surface area contributed by atoms with Gasteiger partial charge in [-0.1, -0.05) is 6.92 Å². The zero-order valence-electron chi connectivity index (χ0n) is 16.9. The fourth-order valence-corrected chi connectivity index (χ4v) is 4.26. The lowest BCUT2D eigenvalue weighted by Crippen LogP contribution is -2.32. The number of imidazole rings is 1. The number of carbonyl (C=O) groups is 1. The molecule has 5 rings (SSSR count). The van der Waals surface area contributed by atoms with Crippen LogP contribution in [0.15, 0.2) is 55.2 Å². The third-order valence-corrected chi connectivity index (χ3v) is 5.88. The molecule has 1 amide bonds. The molecule has 4 aromatic rings. The van der Waals surface area contributed by atoms with Gasteiger partial charge in [-0.2, -0.15) is 0 Å². The number of carbonyl (C=O) groups excluding carboxylic acids is 1. The van der Waals surface area contributed by atoms with Gasteiger partial charge in [-0.25, -0.2) is 9.97 Å². The third kappa shape index (κ3) is 3.47. The molecule has 2 unspecified atom stereocenters. The largest absolute Gasteiger partial charge is 0.360 e. The minimum atomic E-state index is 0.121. The number of aromatic amines is 1. The summed E-state index contributed by atoms with van der Waals surface area (Å²) in [5, 5.41) is 3.12. The van der Waals surface area contributed by atoms with Crippen molar-refractivity contribution in [2.45, 2.75) is 44.7 Å². The lowest BCUT2D eigenvalue weighted by atomic mass is 10.1. The lowest BCUT2D eigenvalue weighted by molar-refractivity contribution is -0.121. The number of amides is 1. The van der Waals surface area contributed by atoms with Gasteiger partial charge in [0.25, 0.3) is 0 Å². The summed E-state index contributed by atoms with van der Waals surface area (Å²) >= 11 is 0. The average molecular weight is 400 g/mol. The average Bonchev–Trinajstić information content (AvgIpc) is 3.53. The van der Waals surface area contributed by atoms with E-state index in [1.165, 1.54) is 0 Å². The molecule has 4 aromatic heterocycles. The number of hydrogen-bond acceptors (Lipinski definition) is 4. The molecule has 4 heterocycles. The number of rotatable bonds is 5. The Hall–Kier alpha value is -3.48. The predicted octanol–water partition coefficient (Wildman–Crippen LogP) is 4.11. The maximum atomic E-state index is 11.7. The molecule has 7 nitrogen and oxygen atoms in total. The van der Waals surface area contributed by atoms with E-state index in [1.54, 1.807) is 0 Å². The summed E-state index contributed by atoms with van der Waals surface area (Å²) < 4.78 is 2.20. The molecule has 0 spiro atoms. The molecule has 30 heavy (non-hydrogen) atoms. The van der Waals surface area contributed by atoms with Crippen LogP contribution in [0.25, 0.3) is 33.7 Å². The highest BCUT2D eigenvalue weighted by atomic mass is 16.1. The molecule has 1 saturated carbocycles. The van der Waals surface area contributed by atoms with E-state index in [1.807, 2.05) is 56.1 Å². The number of nitrogens with one attached hydrogen (secondary N) is 2. The van der Waals surface area contributed by atoms with Crippen LogP contribution >= 0.6 is 0 Å². The van der Waals surface area contributed by atoms with Gasteiger partial charge in [0.2, 0.25) is 5.91 Å². The minimum Gasteiger partial charge on any atom is -0.360 e. The molecule has 2 N–H and O–H groups in total. The van der Waals surface area contributed by atoms with E-state index in [9.17, 15) is 4.79 Å². The van der Waals surface area contributed by atoms with Gasteiger partial charge in [-0.15, -0.1) is 0 Å². The SMILES string of the molecule is CCC(=O)NC1CCC(n2cncc2-c2ccc(-c3ccc4[nH]ccc4n3)cn2)C1. The fourth-order valence-electron chi connectivity index (χ4n) is 4.26. The van der Waals surface area contributed by atoms with Crippen molar-refractivity contribution in [3.05, 3.63) is 55.2 Å². The Balaban J connectivity index is 1.36. The van der Waals surface area contributed by atoms with Crippen LogP contribution in [0.5, 0.6) is 0 Å². The van der Waals surface area contributed by atoms with E-state index < -0.39 is 0 Å². The Morgan fingerprint density at radius 2 is 2.07 bits per heavy atom. The van der Waals surface area contributed by atoms with Crippen LogP contribution in [0.1, 0.15) is 38.6 Å². The summed E-state index contributed by atoms with van der Waals surface area (Å²) in [6, 6.07) is 10.6. The zero-order valence-corrected chi connectivity index (χ0v) is 16.9. The summed E-state index contributed by atoms with van der Waals surface area (Å²) in [4.78, 5) is 28.6. The highest BCUT2D eigenvalue weighted by Gasteiger charge is 2.28. The molecule has 2 atom stereocenters. The third-order valence-electron chi connectivity index (χ3n) is 5.88. The first-order valence-corrected chi connectivity index (χ1v) is 10.4. The van der Waals surface area contributed by atoms with Gasteiger partial charge in [0.1, 0.15) is 0 Å². The molecule has 0 radical (unpaired) electrons. The normalized spacial score (nSPS) is 18.7. The number of H-pyrrole nitrogens is 1. The van der Waals surface area contributed by atoms with Gasteiger partial charge >= 0.3 is 0 Å². The number of pyridine rings is 2. The molecule has 0 saturated heterocycles. The van der Waals surface area contributed by atoms with Crippen molar-refractivity contribution in [3.8, 4) is 22.6 Å². The van der Waals surface area contributed by atoms with Crippen LogP contribution in [0, 0.1) is 0 Å². The second-order valence-electron chi connectivity index (χ2n) is 7.81. The highest BCUT2D eigenvalue weighted by Crippen LogP contribution is 2.33. The Labute approximate surface area is 174 Å². The van der Waals surface area contributed by atoms with E-state index in [0.717, 1.165) is 52.9 Å². The first-order valence-electron chi connectivity index (χ1n) is 10.4. The zero-order chi connectivity index (χ0) is 20.5. The van der Waals surface area contributed by atoms with Crippen molar-refractivity contribution < 1.29 is 4.79 Å². The maximum absolute atomic E-state index is 11.7. The molecule has 0 aliphatic heterocycles. The van der Waals surface area contributed by atoms with E-state index in [-0.39, 0.29) is 11.9 Å². The molecule has 1 fully saturated rings. The number of aromatic nitrogens is 5. The van der Waals surface area contributed by atoms with Crippen molar-refractivity contribution in [3.63, 3.8) is 0 Å².